The van der Waals surface area contributed by atoms with E-state index in [-0.39, 0.29) is 17.5 Å². The first-order chi connectivity index (χ1) is 22.7. The van der Waals surface area contributed by atoms with Gasteiger partial charge in [-0.3, -0.25) is 4.40 Å². The SMILES string of the molecule is Cc1cc2nc3cn2c(c1[C@H](OC(C)(C)C)C(=O)O)N1CCC(C)(CC1)OC/C=C\C[C@@H](C)Oc1cc(F)c(F)cc1-c1cccc-3c1. The van der Waals surface area contributed by atoms with Crippen LogP contribution in [0, 0.1) is 18.6 Å². The number of ether oxygens (including phenoxy) is 3. The largest absolute Gasteiger partial charge is 0.490 e. The van der Waals surface area contributed by atoms with Gasteiger partial charge in [-0.25, -0.2) is 18.6 Å². The molecular formula is C38H43F2N3O5. The van der Waals surface area contributed by atoms with Gasteiger partial charge in [0.05, 0.1) is 29.6 Å². The van der Waals surface area contributed by atoms with Crippen LogP contribution in [0.1, 0.15) is 71.1 Å². The van der Waals surface area contributed by atoms with E-state index in [1.54, 1.807) is 0 Å². The molecule has 5 heterocycles. The lowest BCUT2D eigenvalue weighted by Crippen LogP contribution is -2.45. The molecule has 8 nitrogen and oxygen atoms in total. The molecule has 48 heavy (non-hydrogen) atoms. The number of carboxylic acid groups (broad SMARTS) is 1. The number of rotatable bonds is 3. The number of imidazole rings is 1. The number of aromatic nitrogens is 2. The van der Waals surface area contributed by atoms with Crippen molar-refractivity contribution in [3.05, 3.63) is 83.6 Å². The lowest BCUT2D eigenvalue weighted by molar-refractivity contribution is -0.160. The Kier molecular flexibility index (Phi) is 9.08. The van der Waals surface area contributed by atoms with Crippen molar-refractivity contribution in [2.45, 2.75) is 84.2 Å². The van der Waals surface area contributed by atoms with Crippen LogP contribution >= 0.6 is 0 Å². The first kappa shape index (κ1) is 33.6. The van der Waals surface area contributed by atoms with Gasteiger partial charge in [-0.1, -0.05) is 30.4 Å². The highest BCUT2D eigenvalue weighted by molar-refractivity contribution is 5.80. The Morgan fingerprint density at radius 3 is 2.50 bits per heavy atom. The maximum atomic E-state index is 14.6. The molecule has 2 aromatic heterocycles. The molecule has 0 radical (unpaired) electrons. The highest BCUT2D eigenvalue weighted by Gasteiger charge is 2.37. The van der Waals surface area contributed by atoms with Crippen molar-refractivity contribution in [2.24, 2.45) is 0 Å². The molecule has 6 bridgehead atoms. The Morgan fingerprint density at radius 1 is 1.08 bits per heavy atom. The molecule has 3 aliphatic heterocycles. The number of aryl methyl sites for hydroxylation is 1. The Morgan fingerprint density at radius 2 is 1.79 bits per heavy atom. The summed E-state index contributed by atoms with van der Waals surface area (Å²) in [6.07, 6.45) is 6.34. The van der Waals surface area contributed by atoms with Crippen LogP contribution in [0.15, 0.2) is 60.8 Å². The van der Waals surface area contributed by atoms with Crippen LogP contribution in [-0.4, -0.2) is 57.5 Å². The number of anilines is 1. The molecule has 1 N–H and O–H groups in total. The van der Waals surface area contributed by atoms with E-state index in [1.807, 2.05) is 87.7 Å². The quantitative estimate of drug-likeness (QED) is 0.222. The first-order valence-electron chi connectivity index (χ1n) is 16.4. The van der Waals surface area contributed by atoms with E-state index in [0.717, 1.165) is 41.9 Å². The number of benzene rings is 2. The molecule has 0 aliphatic carbocycles. The summed E-state index contributed by atoms with van der Waals surface area (Å²) < 4.78 is 49.8. The predicted molar refractivity (Wildman–Crippen MR) is 182 cm³/mol. The van der Waals surface area contributed by atoms with E-state index < -0.39 is 29.3 Å². The second kappa shape index (κ2) is 13.0. The summed E-state index contributed by atoms with van der Waals surface area (Å²) >= 11 is 0. The standard InChI is InChI=1S/C38H43F2N3O5/c1-23-18-32-41-30-22-43(32)35(33(23)34(36(44)45)48-37(3,4)5)42-15-13-38(6,14-16-42)46-17-8-7-10-24(2)47-31-21-29(40)28(39)20-27(31)25-11-9-12-26(30)19-25/h7-9,11-12,18-22,24,34H,10,13-17H2,1-6H3,(H,44,45)/b8-7-/t24-,34+/m1/s1. The third kappa shape index (κ3) is 6.96. The minimum Gasteiger partial charge on any atom is -0.490 e. The molecule has 2 atom stereocenters. The van der Waals surface area contributed by atoms with Gasteiger partial charge in [0.1, 0.15) is 17.2 Å². The van der Waals surface area contributed by atoms with Gasteiger partial charge in [0.2, 0.25) is 0 Å². The molecule has 10 heteroatoms. The molecular weight excluding hydrogens is 616 g/mol. The molecule has 2 aromatic carbocycles. The summed E-state index contributed by atoms with van der Waals surface area (Å²) in [6.45, 7) is 13.1. The lowest BCUT2D eigenvalue weighted by Gasteiger charge is -2.41. The van der Waals surface area contributed by atoms with Crippen LogP contribution < -0.4 is 9.64 Å². The van der Waals surface area contributed by atoms with Crippen molar-refractivity contribution in [1.29, 1.82) is 0 Å². The summed E-state index contributed by atoms with van der Waals surface area (Å²) in [5.74, 6) is -2.06. The molecule has 7 rings (SSSR count). The van der Waals surface area contributed by atoms with Crippen molar-refractivity contribution in [3.63, 3.8) is 0 Å². The van der Waals surface area contributed by atoms with Gasteiger partial charge in [-0.15, -0.1) is 0 Å². The maximum Gasteiger partial charge on any atom is 0.337 e. The Hall–Kier alpha value is -4.28. The van der Waals surface area contributed by atoms with Crippen LogP contribution in [0.4, 0.5) is 14.6 Å². The zero-order valence-electron chi connectivity index (χ0n) is 28.3. The fraction of sp³-hybridized carbons (Fsp3) is 0.421. The molecule has 4 aromatic rings. The van der Waals surface area contributed by atoms with Crippen molar-refractivity contribution < 1.29 is 32.9 Å². The third-order valence-corrected chi connectivity index (χ3v) is 9.03. The normalized spacial score (nSPS) is 21.5. The highest BCUT2D eigenvalue weighted by Crippen LogP contribution is 2.40. The van der Waals surface area contributed by atoms with Crippen molar-refractivity contribution in [3.8, 4) is 28.1 Å². The molecule has 254 valence electrons. The van der Waals surface area contributed by atoms with Gasteiger partial charge in [-0.05, 0) is 83.7 Å². The minimum atomic E-state index is -1.21. The second-order valence-electron chi connectivity index (χ2n) is 14.1. The molecule has 1 fully saturated rings. The number of fused-ring (bicyclic) bond motifs is 7. The number of halogens is 2. The average molecular weight is 660 g/mol. The zero-order chi connectivity index (χ0) is 34.4. The second-order valence-corrected chi connectivity index (χ2v) is 14.1. The fourth-order valence-electron chi connectivity index (χ4n) is 6.52. The van der Waals surface area contributed by atoms with Crippen LogP contribution in [0.5, 0.6) is 5.75 Å². The Labute approximate surface area is 280 Å². The Balaban J connectivity index is 1.55. The van der Waals surface area contributed by atoms with E-state index in [0.29, 0.717) is 54.1 Å². The topological polar surface area (TPSA) is 85.5 Å². The van der Waals surface area contributed by atoms with Crippen LogP contribution in [0.25, 0.3) is 28.0 Å². The van der Waals surface area contributed by atoms with Crippen molar-refractivity contribution >= 4 is 17.4 Å². The van der Waals surface area contributed by atoms with E-state index in [2.05, 4.69) is 11.8 Å². The van der Waals surface area contributed by atoms with Crippen LogP contribution in [0.2, 0.25) is 0 Å². The smallest absolute Gasteiger partial charge is 0.337 e. The van der Waals surface area contributed by atoms with Gasteiger partial charge >= 0.3 is 5.97 Å². The lowest BCUT2D eigenvalue weighted by atomic mass is 9.92. The molecule has 0 amide bonds. The van der Waals surface area contributed by atoms with Crippen molar-refractivity contribution in [2.75, 3.05) is 24.6 Å². The molecule has 1 saturated heterocycles. The molecule has 3 aliphatic rings. The average Bonchev–Trinajstić information content (AvgIpc) is 3.44. The van der Waals surface area contributed by atoms with Gasteiger partial charge in [0, 0.05) is 48.5 Å². The summed E-state index contributed by atoms with van der Waals surface area (Å²) in [4.78, 5) is 20.0. The predicted octanol–water partition coefficient (Wildman–Crippen LogP) is 8.30. The first-order valence-corrected chi connectivity index (χ1v) is 16.4. The van der Waals surface area contributed by atoms with E-state index >= 15 is 0 Å². The van der Waals surface area contributed by atoms with Gasteiger partial charge in [0.25, 0.3) is 0 Å². The summed E-state index contributed by atoms with van der Waals surface area (Å²) in [7, 11) is 0. The monoisotopic (exact) mass is 659 g/mol. The van der Waals surface area contributed by atoms with E-state index in [9.17, 15) is 18.7 Å². The highest BCUT2D eigenvalue weighted by atomic mass is 19.2. The maximum absolute atomic E-state index is 14.6. The van der Waals surface area contributed by atoms with Crippen molar-refractivity contribution in [1.82, 2.24) is 9.38 Å². The number of piperidine rings is 1. The number of pyridine rings is 1. The number of nitrogens with zero attached hydrogens (tertiary/aromatic N) is 3. The molecule has 0 spiro atoms. The number of carboxylic acids is 1. The number of hydrogen-bond acceptors (Lipinski definition) is 6. The summed E-state index contributed by atoms with van der Waals surface area (Å²) in [6, 6.07) is 11.6. The summed E-state index contributed by atoms with van der Waals surface area (Å²) in [5, 5.41) is 10.5. The van der Waals surface area contributed by atoms with Crippen LogP contribution in [-0.2, 0) is 14.3 Å². The van der Waals surface area contributed by atoms with Gasteiger partial charge in [-0.2, -0.15) is 0 Å². The zero-order valence-corrected chi connectivity index (χ0v) is 28.3. The van der Waals surface area contributed by atoms with E-state index in [4.69, 9.17) is 19.2 Å². The Bertz CT molecular complexity index is 1870. The third-order valence-electron chi connectivity index (χ3n) is 9.03. The molecule has 0 saturated carbocycles. The number of aliphatic carboxylic acids is 1. The minimum absolute atomic E-state index is 0.242. The van der Waals surface area contributed by atoms with Gasteiger partial charge < -0.3 is 24.2 Å². The number of hydrogen-bond donors (Lipinski definition) is 1. The molecule has 0 unspecified atom stereocenters. The van der Waals surface area contributed by atoms with Gasteiger partial charge in [0.15, 0.2) is 17.7 Å². The number of carbonyl (C=O) groups is 1. The van der Waals surface area contributed by atoms with Crippen LogP contribution in [0.3, 0.4) is 0 Å². The fourth-order valence-corrected chi connectivity index (χ4v) is 6.52. The summed E-state index contributed by atoms with van der Waals surface area (Å²) in [5.41, 5.74) is 3.35. The van der Waals surface area contributed by atoms with E-state index in [1.165, 1.54) is 0 Å².